The quantitative estimate of drug-likeness (QED) is 0.191. The predicted octanol–water partition coefficient (Wildman–Crippen LogP) is -5.46. The number of aliphatic hydroxyl groups excluding tert-OH is 7. The zero-order valence-corrected chi connectivity index (χ0v) is 12.2. The number of aliphatic hydroxyl groups is 7. The SMILES string of the molecule is O=CC(OC1OC(C(=O)O)C(O)C(O)C1O)C(O)C(O)C(O)CO. The topological polar surface area (TPSA) is 214 Å². The number of carboxylic acid groups (broad SMARTS) is 1. The van der Waals surface area contributed by atoms with Crippen molar-refractivity contribution in [1.29, 1.82) is 0 Å². The molecule has 0 saturated carbocycles. The Labute approximate surface area is 135 Å². The monoisotopic (exact) mass is 356 g/mol. The van der Waals surface area contributed by atoms with Crippen LogP contribution in [0, 0.1) is 0 Å². The number of hydrogen-bond acceptors (Lipinski definition) is 11. The summed E-state index contributed by atoms with van der Waals surface area (Å²) in [5, 5.41) is 74.9. The maximum atomic E-state index is 11.0. The van der Waals surface area contributed by atoms with E-state index in [4.69, 9.17) is 19.7 Å². The first-order valence-electron chi connectivity index (χ1n) is 6.84. The lowest BCUT2D eigenvalue weighted by Crippen LogP contribution is -2.61. The highest BCUT2D eigenvalue weighted by atomic mass is 16.7. The van der Waals surface area contributed by atoms with Crippen molar-refractivity contribution in [3.8, 4) is 0 Å². The Bertz CT molecular complexity index is 430. The van der Waals surface area contributed by atoms with E-state index in [2.05, 4.69) is 0 Å². The fourth-order valence-corrected chi connectivity index (χ4v) is 2.04. The molecule has 0 bridgehead atoms. The van der Waals surface area contributed by atoms with Crippen LogP contribution in [0.1, 0.15) is 0 Å². The number of ether oxygens (including phenoxy) is 2. The van der Waals surface area contributed by atoms with Gasteiger partial charge in [-0.15, -0.1) is 0 Å². The molecule has 1 aliphatic heterocycles. The first-order valence-corrected chi connectivity index (χ1v) is 6.84. The van der Waals surface area contributed by atoms with Crippen LogP contribution in [0.3, 0.4) is 0 Å². The first kappa shape index (κ1) is 20.8. The second-order valence-corrected chi connectivity index (χ2v) is 5.20. The Kier molecular flexibility index (Phi) is 7.59. The van der Waals surface area contributed by atoms with Crippen LogP contribution >= 0.6 is 0 Å². The molecule has 9 atom stereocenters. The summed E-state index contributed by atoms with van der Waals surface area (Å²) in [6.45, 7) is -0.932. The highest BCUT2D eigenvalue weighted by Gasteiger charge is 2.49. The van der Waals surface area contributed by atoms with Crippen molar-refractivity contribution in [2.45, 2.75) is 55.1 Å². The average molecular weight is 356 g/mol. The lowest BCUT2D eigenvalue weighted by Gasteiger charge is -2.40. The van der Waals surface area contributed by atoms with Gasteiger partial charge in [0.25, 0.3) is 0 Å². The lowest BCUT2D eigenvalue weighted by molar-refractivity contribution is -0.308. The van der Waals surface area contributed by atoms with Gasteiger partial charge in [0, 0.05) is 0 Å². The Hall–Kier alpha value is -1.22. The van der Waals surface area contributed by atoms with Crippen molar-refractivity contribution >= 4 is 12.3 Å². The van der Waals surface area contributed by atoms with Crippen molar-refractivity contribution in [3.05, 3.63) is 0 Å². The summed E-state index contributed by atoms with van der Waals surface area (Å²) in [5.74, 6) is -1.68. The van der Waals surface area contributed by atoms with Gasteiger partial charge in [-0.1, -0.05) is 0 Å². The van der Waals surface area contributed by atoms with E-state index in [1.165, 1.54) is 0 Å². The number of carbonyl (C=O) groups is 2. The molecule has 0 aromatic rings. The molecule has 0 aromatic carbocycles. The molecule has 0 spiro atoms. The zero-order valence-electron chi connectivity index (χ0n) is 12.2. The van der Waals surface area contributed by atoms with E-state index in [1.54, 1.807) is 0 Å². The maximum Gasteiger partial charge on any atom is 0.335 e. The Morgan fingerprint density at radius 1 is 1.08 bits per heavy atom. The summed E-state index contributed by atoms with van der Waals surface area (Å²) < 4.78 is 9.60. The first-order chi connectivity index (χ1) is 11.1. The third-order valence-corrected chi connectivity index (χ3v) is 3.51. The van der Waals surface area contributed by atoms with E-state index in [9.17, 15) is 40.2 Å². The van der Waals surface area contributed by atoms with Gasteiger partial charge in [0.1, 0.15) is 42.7 Å². The van der Waals surface area contributed by atoms with Gasteiger partial charge in [0.2, 0.25) is 0 Å². The predicted molar refractivity (Wildman–Crippen MR) is 70.4 cm³/mol. The third-order valence-electron chi connectivity index (χ3n) is 3.51. The van der Waals surface area contributed by atoms with Crippen molar-refractivity contribution in [2.75, 3.05) is 6.61 Å². The molecule has 1 aliphatic rings. The molecule has 140 valence electrons. The Morgan fingerprint density at radius 3 is 2.12 bits per heavy atom. The fraction of sp³-hybridized carbons (Fsp3) is 0.833. The van der Waals surface area contributed by atoms with Crippen LogP contribution in [-0.4, -0.2) is 115 Å². The summed E-state index contributed by atoms with van der Waals surface area (Å²) >= 11 is 0. The van der Waals surface area contributed by atoms with Gasteiger partial charge in [-0.05, 0) is 0 Å². The van der Waals surface area contributed by atoms with E-state index in [-0.39, 0.29) is 6.29 Å². The van der Waals surface area contributed by atoms with Gasteiger partial charge in [-0.2, -0.15) is 0 Å². The minimum Gasteiger partial charge on any atom is -0.479 e. The number of hydrogen-bond donors (Lipinski definition) is 8. The molecule has 1 heterocycles. The number of carbonyl (C=O) groups excluding carboxylic acids is 1. The molecule has 0 radical (unpaired) electrons. The van der Waals surface area contributed by atoms with E-state index in [0.29, 0.717) is 0 Å². The molecule has 0 aliphatic carbocycles. The van der Waals surface area contributed by atoms with Gasteiger partial charge in [0.05, 0.1) is 6.61 Å². The summed E-state index contributed by atoms with van der Waals surface area (Å²) in [7, 11) is 0. The minimum atomic E-state index is -2.06. The van der Waals surface area contributed by atoms with Crippen LogP contribution in [0.2, 0.25) is 0 Å². The van der Waals surface area contributed by atoms with Gasteiger partial charge in [0.15, 0.2) is 18.7 Å². The molecule has 0 amide bonds. The van der Waals surface area contributed by atoms with Crippen molar-refractivity contribution in [3.63, 3.8) is 0 Å². The summed E-state index contributed by atoms with van der Waals surface area (Å²) in [4.78, 5) is 21.9. The Morgan fingerprint density at radius 2 is 1.67 bits per heavy atom. The van der Waals surface area contributed by atoms with E-state index < -0.39 is 67.7 Å². The van der Waals surface area contributed by atoms with E-state index in [1.807, 2.05) is 0 Å². The zero-order chi connectivity index (χ0) is 18.6. The second-order valence-electron chi connectivity index (χ2n) is 5.20. The fourth-order valence-electron chi connectivity index (χ4n) is 2.04. The van der Waals surface area contributed by atoms with Crippen molar-refractivity contribution < 1.29 is 59.9 Å². The number of aldehydes is 1. The molecule has 0 aromatic heterocycles. The number of aliphatic carboxylic acids is 1. The van der Waals surface area contributed by atoms with Crippen LogP contribution in [-0.2, 0) is 19.1 Å². The Balaban J connectivity index is 2.86. The average Bonchev–Trinajstić information content (AvgIpc) is 2.56. The van der Waals surface area contributed by atoms with Gasteiger partial charge in [-0.3, -0.25) is 0 Å². The smallest absolute Gasteiger partial charge is 0.335 e. The summed E-state index contributed by atoms with van der Waals surface area (Å²) in [6.07, 6.45) is -17.6. The largest absolute Gasteiger partial charge is 0.479 e. The van der Waals surface area contributed by atoms with Gasteiger partial charge < -0.3 is 55.1 Å². The molecule has 1 fully saturated rings. The van der Waals surface area contributed by atoms with Gasteiger partial charge in [-0.25, -0.2) is 4.79 Å². The third kappa shape index (κ3) is 4.44. The van der Waals surface area contributed by atoms with Crippen molar-refractivity contribution in [2.24, 2.45) is 0 Å². The van der Waals surface area contributed by atoms with Crippen LogP contribution < -0.4 is 0 Å². The van der Waals surface area contributed by atoms with E-state index in [0.717, 1.165) is 0 Å². The number of carboxylic acids is 1. The normalized spacial score (nSPS) is 35.7. The molecule has 12 heteroatoms. The molecule has 1 rings (SSSR count). The standard InChI is InChI=1S/C12H20O12/c13-1-3(15)5(16)6(17)4(2-14)23-12-9(20)7(18)8(19)10(24-12)11(21)22/h2-10,12-13,15-20H,1H2,(H,21,22). The highest BCUT2D eigenvalue weighted by molar-refractivity contribution is 5.73. The van der Waals surface area contributed by atoms with Crippen LogP contribution in [0.5, 0.6) is 0 Å². The maximum absolute atomic E-state index is 11.0. The second kappa shape index (κ2) is 8.75. The molecular weight excluding hydrogens is 336 g/mol. The van der Waals surface area contributed by atoms with Gasteiger partial charge >= 0.3 is 5.97 Å². The number of rotatable bonds is 8. The molecule has 1 saturated heterocycles. The molecule has 8 N–H and O–H groups in total. The lowest BCUT2D eigenvalue weighted by atomic mass is 9.98. The molecule has 24 heavy (non-hydrogen) atoms. The molecular formula is C12H20O12. The van der Waals surface area contributed by atoms with E-state index >= 15 is 0 Å². The van der Waals surface area contributed by atoms with Crippen LogP contribution in [0.25, 0.3) is 0 Å². The van der Waals surface area contributed by atoms with Crippen LogP contribution in [0.15, 0.2) is 0 Å². The molecule has 12 nitrogen and oxygen atoms in total. The minimum absolute atomic E-state index is 0.0265. The summed E-state index contributed by atoms with van der Waals surface area (Å²) in [6, 6.07) is 0. The highest BCUT2D eigenvalue weighted by Crippen LogP contribution is 2.24. The molecule has 9 unspecified atom stereocenters. The summed E-state index contributed by atoms with van der Waals surface area (Å²) in [5.41, 5.74) is 0. The van der Waals surface area contributed by atoms with Crippen LogP contribution in [0.4, 0.5) is 0 Å². The van der Waals surface area contributed by atoms with Crippen molar-refractivity contribution in [1.82, 2.24) is 0 Å².